The van der Waals surface area contributed by atoms with E-state index in [9.17, 15) is 13.2 Å². The normalized spacial score (nSPS) is 11.1. The fourth-order valence-corrected chi connectivity index (χ4v) is 5.36. The van der Waals surface area contributed by atoms with Crippen molar-refractivity contribution < 1.29 is 17.9 Å². The summed E-state index contributed by atoms with van der Waals surface area (Å²) in [4.78, 5) is 12.7. The van der Waals surface area contributed by atoms with Crippen LogP contribution in [0.1, 0.15) is 0 Å². The van der Waals surface area contributed by atoms with E-state index in [-0.39, 0.29) is 15.7 Å². The molecular formula is C21H17BrCl2N2O4S. The standard InChI is InChI=1S/C21H17BrCl2N2O4S/c1-30-19-10-7-14(22)11-20(19)31(28,29)26(16-5-3-2-4-6-16)13-21(27)25-18-9-8-15(23)12-17(18)24/h2-12H,13H2,1H3,(H,25,27). The van der Waals surface area contributed by atoms with Crippen molar-refractivity contribution in [3.63, 3.8) is 0 Å². The van der Waals surface area contributed by atoms with E-state index in [0.717, 1.165) is 4.31 Å². The predicted octanol–water partition coefficient (Wildman–Crippen LogP) is 5.60. The number of carbonyl (C=O) groups excluding carboxylic acids is 1. The molecule has 6 nitrogen and oxygen atoms in total. The lowest BCUT2D eigenvalue weighted by atomic mass is 10.3. The quantitative estimate of drug-likeness (QED) is 0.421. The van der Waals surface area contributed by atoms with Crippen LogP contribution in [0, 0.1) is 0 Å². The molecule has 0 aliphatic carbocycles. The third kappa shape index (κ3) is 5.51. The van der Waals surface area contributed by atoms with E-state index in [1.807, 2.05) is 0 Å². The molecule has 3 rings (SSSR count). The molecule has 0 spiro atoms. The summed E-state index contributed by atoms with van der Waals surface area (Å²) < 4.78 is 33.9. The van der Waals surface area contributed by atoms with Crippen molar-refractivity contribution in [2.24, 2.45) is 0 Å². The number of rotatable bonds is 7. The Hall–Kier alpha value is -2.26. The van der Waals surface area contributed by atoms with Gasteiger partial charge in [-0.3, -0.25) is 9.10 Å². The molecule has 10 heteroatoms. The van der Waals surface area contributed by atoms with Gasteiger partial charge >= 0.3 is 0 Å². The number of para-hydroxylation sites is 1. The molecule has 0 saturated carbocycles. The Bertz CT molecular complexity index is 1210. The summed E-state index contributed by atoms with van der Waals surface area (Å²) in [6.45, 7) is -0.485. The molecule has 1 amide bonds. The Morgan fingerprint density at radius 3 is 2.42 bits per heavy atom. The van der Waals surface area contributed by atoms with Gasteiger partial charge in [0.15, 0.2) is 0 Å². The molecule has 0 saturated heterocycles. The fourth-order valence-electron chi connectivity index (χ4n) is 2.79. The number of benzene rings is 3. The SMILES string of the molecule is COc1ccc(Br)cc1S(=O)(=O)N(CC(=O)Nc1ccc(Cl)cc1Cl)c1ccccc1. The Balaban J connectivity index is 1.99. The lowest BCUT2D eigenvalue weighted by Gasteiger charge is -2.25. The average Bonchev–Trinajstić information content (AvgIpc) is 2.74. The smallest absolute Gasteiger partial charge is 0.268 e. The van der Waals surface area contributed by atoms with Gasteiger partial charge in [0.1, 0.15) is 17.2 Å². The Labute approximate surface area is 198 Å². The van der Waals surface area contributed by atoms with Crippen LogP contribution in [0.5, 0.6) is 5.75 Å². The van der Waals surface area contributed by atoms with Crippen LogP contribution in [-0.4, -0.2) is 28.0 Å². The van der Waals surface area contributed by atoms with Crippen molar-refractivity contribution in [2.45, 2.75) is 4.90 Å². The lowest BCUT2D eigenvalue weighted by molar-refractivity contribution is -0.114. The zero-order chi connectivity index (χ0) is 22.6. The Morgan fingerprint density at radius 2 is 1.77 bits per heavy atom. The maximum absolute atomic E-state index is 13.6. The topological polar surface area (TPSA) is 75.7 Å². The van der Waals surface area contributed by atoms with Gasteiger partial charge < -0.3 is 10.1 Å². The molecular weight excluding hydrogens is 527 g/mol. The number of nitrogens with one attached hydrogen (secondary N) is 1. The largest absolute Gasteiger partial charge is 0.495 e. The van der Waals surface area contributed by atoms with E-state index in [2.05, 4.69) is 21.2 Å². The maximum Gasteiger partial charge on any atom is 0.268 e. The van der Waals surface area contributed by atoms with Gasteiger partial charge in [0.05, 0.1) is 23.5 Å². The molecule has 0 aliphatic rings. The van der Waals surface area contributed by atoms with Crippen molar-refractivity contribution in [2.75, 3.05) is 23.3 Å². The molecule has 31 heavy (non-hydrogen) atoms. The number of ether oxygens (including phenoxy) is 1. The monoisotopic (exact) mass is 542 g/mol. The van der Waals surface area contributed by atoms with Gasteiger partial charge in [0, 0.05) is 9.50 Å². The highest BCUT2D eigenvalue weighted by Gasteiger charge is 2.30. The number of hydrogen-bond acceptors (Lipinski definition) is 4. The van der Waals surface area contributed by atoms with Gasteiger partial charge in [-0.15, -0.1) is 0 Å². The van der Waals surface area contributed by atoms with Gasteiger partial charge in [-0.25, -0.2) is 8.42 Å². The lowest BCUT2D eigenvalue weighted by Crippen LogP contribution is -2.38. The van der Waals surface area contributed by atoms with Crippen LogP contribution in [0.3, 0.4) is 0 Å². The third-order valence-corrected chi connectivity index (χ3v) is 7.07. The highest BCUT2D eigenvalue weighted by Crippen LogP contribution is 2.32. The summed E-state index contributed by atoms with van der Waals surface area (Å²) in [5, 5.41) is 3.28. The number of amides is 1. The molecule has 0 unspecified atom stereocenters. The van der Waals surface area contributed by atoms with Crippen LogP contribution < -0.4 is 14.4 Å². The first kappa shape index (κ1) is 23.4. The molecule has 0 radical (unpaired) electrons. The summed E-state index contributed by atoms with van der Waals surface area (Å²) in [6, 6.07) is 17.6. The molecule has 0 fully saturated rings. The molecule has 0 aliphatic heterocycles. The predicted molar refractivity (Wildman–Crippen MR) is 127 cm³/mol. The van der Waals surface area contributed by atoms with Gasteiger partial charge in [0.2, 0.25) is 5.91 Å². The van der Waals surface area contributed by atoms with Crippen molar-refractivity contribution in [3.05, 3.63) is 81.2 Å². The minimum Gasteiger partial charge on any atom is -0.495 e. The molecule has 0 aromatic heterocycles. The van der Waals surface area contributed by atoms with E-state index in [1.54, 1.807) is 48.5 Å². The summed E-state index contributed by atoms with van der Waals surface area (Å²) in [6.07, 6.45) is 0. The minimum absolute atomic E-state index is 0.0782. The average molecular weight is 544 g/mol. The van der Waals surface area contributed by atoms with Crippen LogP contribution in [0.25, 0.3) is 0 Å². The first-order chi connectivity index (χ1) is 14.7. The Kier molecular flexibility index (Phi) is 7.48. The number of anilines is 2. The van der Waals surface area contributed by atoms with Gasteiger partial charge in [-0.05, 0) is 48.5 Å². The van der Waals surface area contributed by atoms with Crippen LogP contribution in [0.4, 0.5) is 11.4 Å². The molecule has 162 valence electrons. The highest BCUT2D eigenvalue weighted by atomic mass is 79.9. The van der Waals surface area contributed by atoms with Crippen molar-refractivity contribution >= 4 is 66.4 Å². The van der Waals surface area contributed by atoms with Crippen LogP contribution in [0.2, 0.25) is 10.0 Å². The summed E-state index contributed by atoms with van der Waals surface area (Å²) >= 11 is 15.3. The van der Waals surface area contributed by atoms with Gasteiger partial charge in [-0.2, -0.15) is 0 Å². The van der Waals surface area contributed by atoms with Gasteiger partial charge in [-0.1, -0.05) is 57.3 Å². The zero-order valence-electron chi connectivity index (χ0n) is 16.2. The highest BCUT2D eigenvalue weighted by molar-refractivity contribution is 9.10. The molecule has 3 aromatic rings. The van der Waals surface area contributed by atoms with E-state index in [4.69, 9.17) is 27.9 Å². The van der Waals surface area contributed by atoms with E-state index in [0.29, 0.717) is 20.9 Å². The number of nitrogens with zero attached hydrogens (tertiary/aromatic N) is 1. The minimum atomic E-state index is -4.16. The van der Waals surface area contributed by atoms with Crippen LogP contribution >= 0.6 is 39.1 Å². The first-order valence-corrected chi connectivity index (χ1v) is 11.9. The van der Waals surface area contributed by atoms with E-state index < -0.39 is 22.5 Å². The molecule has 0 bridgehead atoms. The third-order valence-electron chi connectivity index (χ3n) is 4.23. The second-order valence-corrected chi connectivity index (χ2v) is 9.90. The van der Waals surface area contributed by atoms with Crippen molar-refractivity contribution in [3.8, 4) is 5.75 Å². The van der Waals surface area contributed by atoms with Crippen molar-refractivity contribution in [1.82, 2.24) is 0 Å². The van der Waals surface area contributed by atoms with E-state index in [1.165, 1.54) is 25.3 Å². The number of halogens is 3. The second kappa shape index (κ2) is 9.91. The maximum atomic E-state index is 13.6. The number of carbonyl (C=O) groups is 1. The van der Waals surface area contributed by atoms with Crippen LogP contribution in [-0.2, 0) is 14.8 Å². The molecule has 3 aromatic carbocycles. The summed E-state index contributed by atoms with van der Waals surface area (Å²) in [7, 11) is -2.78. The zero-order valence-corrected chi connectivity index (χ0v) is 20.1. The summed E-state index contributed by atoms with van der Waals surface area (Å²) in [5.74, 6) is -0.420. The van der Waals surface area contributed by atoms with E-state index >= 15 is 0 Å². The number of methoxy groups -OCH3 is 1. The first-order valence-electron chi connectivity index (χ1n) is 8.88. The number of sulfonamides is 1. The molecule has 0 atom stereocenters. The summed E-state index contributed by atoms with van der Waals surface area (Å²) in [5.41, 5.74) is 0.642. The van der Waals surface area contributed by atoms with Gasteiger partial charge in [0.25, 0.3) is 10.0 Å². The Morgan fingerprint density at radius 1 is 1.06 bits per heavy atom. The van der Waals surface area contributed by atoms with Crippen molar-refractivity contribution in [1.29, 1.82) is 0 Å². The fraction of sp³-hybridized carbons (Fsp3) is 0.0952. The molecule has 0 heterocycles. The number of hydrogen-bond donors (Lipinski definition) is 1. The van der Waals surface area contributed by atoms with Crippen LogP contribution in [0.15, 0.2) is 76.1 Å². The molecule has 1 N–H and O–H groups in total. The second-order valence-electron chi connectivity index (χ2n) is 6.31.